The summed E-state index contributed by atoms with van der Waals surface area (Å²) < 4.78 is 37.7. The third-order valence-corrected chi connectivity index (χ3v) is 2.99. The Bertz CT molecular complexity index is 717. The van der Waals surface area contributed by atoms with Crippen molar-refractivity contribution in [1.82, 2.24) is 5.32 Å². The molecular weight excluding hydrogens is 313 g/mol. The second-order valence-corrected chi connectivity index (χ2v) is 4.67. The van der Waals surface area contributed by atoms with Crippen LogP contribution in [-0.2, 0) is 12.7 Å². The SMILES string of the molecule is O=C(NCc1cccc(O)c1O)Nc1cccc(C(F)(F)F)c1. The van der Waals surface area contributed by atoms with Gasteiger partial charge in [-0.1, -0.05) is 18.2 Å². The van der Waals surface area contributed by atoms with Gasteiger partial charge in [0, 0.05) is 17.8 Å². The molecule has 0 aromatic heterocycles. The Labute approximate surface area is 129 Å². The molecule has 0 aliphatic rings. The number of halogens is 3. The summed E-state index contributed by atoms with van der Waals surface area (Å²) in [5.74, 6) is -0.700. The molecule has 4 N–H and O–H groups in total. The molecule has 2 rings (SSSR count). The fraction of sp³-hybridized carbons (Fsp3) is 0.133. The minimum Gasteiger partial charge on any atom is -0.504 e. The van der Waals surface area contributed by atoms with E-state index in [1.54, 1.807) is 0 Å². The summed E-state index contributed by atoms with van der Waals surface area (Å²) in [7, 11) is 0. The molecule has 0 atom stereocenters. The van der Waals surface area contributed by atoms with E-state index in [0.29, 0.717) is 0 Å². The van der Waals surface area contributed by atoms with E-state index >= 15 is 0 Å². The number of carbonyl (C=O) groups excluding carboxylic acids is 1. The first-order valence-electron chi connectivity index (χ1n) is 6.49. The lowest BCUT2D eigenvalue weighted by atomic mass is 10.2. The van der Waals surface area contributed by atoms with E-state index in [2.05, 4.69) is 10.6 Å². The first-order chi connectivity index (χ1) is 10.8. The predicted octanol–water partition coefficient (Wildman–Crippen LogP) is 3.44. The highest BCUT2D eigenvalue weighted by atomic mass is 19.4. The highest BCUT2D eigenvalue weighted by Crippen LogP contribution is 2.30. The minimum atomic E-state index is -4.50. The van der Waals surface area contributed by atoms with Crippen molar-refractivity contribution in [2.24, 2.45) is 0 Å². The topological polar surface area (TPSA) is 81.6 Å². The number of aromatic hydroxyl groups is 2. The van der Waals surface area contributed by atoms with E-state index in [4.69, 9.17) is 0 Å². The summed E-state index contributed by atoms with van der Waals surface area (Å²) >= 11 is 0. The Morgan fingerprint density at radius 3 is 2.48 bits per heavy atom. The molecular formula is C15H13F3N2O3. The summed E-state index contributed by atoms with van der Waals surface area (Å²) in [5.41, 5.74) is -0.623. The van der Waals surface area contributed by atoms with Crippen molar-refractivity contribution in [1.29, 1.82) is 0 Å². The van der Waals surface area contributed by atoms with Crippen LogP contribution >= 0.6 is 0 Å². The molecule has 5 nitrogen and oxygen atoms in total. The number of phenols is 2. The summed E-state index contributed by atoms with van der Waals surface area (Å²) in [4.78, 5) is 11.7. The number of phenolic OH excluding ortho intramolecular Hbond substituents is 2. The van der Waals surface area contributed by atoms with Gasteiger partial charge in [-0.2, -0.15) is 13.2 Å². The van der Waals surface area contributed by atoms with Crippen molar-refractivity contribution in [3.8, 4) is 11.5 Å². The zero-order valence-corrected chi connectivity index (χ0v) is 11.7. The molecule has 2 aromatic carbocycles. The molecule has 0 saturated heterocycles. The summed E-state index contributed by atoms with van der Waals surface area (Å²) in [6, 6.07) is 7.71. The second kappa shape index (κ2) is 6.47. The van der Waals surface area contributed by atoms with Gasteiger partial charge in [-0.3, -0.25) is 0 Å². The predicted molar refractivity (Wildman–Crippen MR) is 77.1 cm³/mol. The molecule has 0 aliphatic carbocycles. The summed E-state index contributed by atoms with van der Waals surface area (Å²) in [6.45, 7) is -0.106. The normalized spacial score (nSPS) is 11.1. The number of para-hydroxylation sites is 1. The van der Waals surface area contributed by atoms with Crippen molar-refractivity contribution in [3.63, 3.8) is 0 Å². The van der Waals surface area contributed by atoms with Crippen LogP contribution in [0, 0.1) is 0 Å². The van der Waals surface area contributed by atoms with Crippen LogP contribution in [0.2, 0.25) is 0 Å². The van der Waals surface area contributed by atoms with Crippen molar-refractivity contribution >= 4 is 11.7 Å². The molecule has 8 heteroatoms. The first-order valence-corrected chi connectivity index (χ1v) is 6.49. The van der Waals surface area contributed by atoms with Gasteiger partial charge in [-0.05, 0) is 24.3 Å². The fourth-order valence-electron chi connectivity index (χ4n) is 1.84. The van der Waals surface area contributed by atoms with Gasteiger partial charge in [0.05, 0.1) is 5.56 Å². The van der Waals surface area contributed by atoms with Crippen LogP contribution in [0.1, 0.15) is 11.1 Å². The Hall–Kier alpha value is -2.90. The number of alkyl halides is 3. The Balaban J connectivity index is 1.99. The Kier molecular flexibility index (Phi) is 4.63. The fourth-order valence-corrected chi connectivity index (χ4v) is 1.84. The maximum absolute atomic E-state index is 12.6. The van der Waals surface area contributed by atoms with Gasteiger partial charge < -0.3 is 20.8 Å². The molecule has 2 aromatic rings. The van der Waals surface area contributed by atoms with Crippen molar-refractivity contribution in [2.45, 2.75) is 12.7 Å². The number of carbonyl (C=O) groups is 1. The molecule has 0 spiro atoms. The highest BCUT2D eigenvalue weighted by Gasteiger charge is 2.30. The molecule has 0 bridgehead atoms. The van der Waals surface area contributed by atoms with Crippen LogP contribution < -0.4 is 10.6 Å². The van der Waals surface area contributed by atoms with Crippen LogP contribution in [0.15, 0.2) is 42.5 Å². The monoisotopic (exact) mass is 326 g/mol. The van der Waals surface area contributed by atoms with E-state index in [0.717, 1.165) is 12.1 Å². The van der Waals surface area contributed by atoms with Crippen molar-refractivity contribution in [2.75, 3.05) is 5.32 Å². The minimum absolute atomic E-state index is 0.0162. The van der Waals surface area contributed by atoms with E-state index in [1.165, 1.54) is 30.3 Å². The number of hydrogen-bond acceptors (Lipinski definition) is 3. The third kappa shape index (κ3) is 4.29. The van der Waals surface area contributed by atoms with Gasteiger partial charge >= 0.3 is 12.2 Å². The van der Waals surface area contributed by atoms with Gasteiger partial charge in [0.25, 0.3) is 0 Å². The zero-order valence-electron chi connectivity index (χ0n) is 11.7. The third-order valence-electron chi connectivity index (χ3n) is 2.99. The molecule has 2 amide bonds. The van der Waals surface area contributed by atoms with E-state index < -0.39 is 17.8 Å². The zero-order chi connectivity index (χ0) is 17.0. The van der Waals surface area contributed by atoms with E-state index in [9.17, 15) is 28.2 Å². The standard InChI is InChI=1S/C15H13F3N2O3/c16-15(17,18)10-4-2-5-11(7-10)20-14(23)19-8-9-3-1-6-12(21)13(9)22/h1-7,21-22H,8H2,(H2,19,20,23). The first kappa shape index (κ1) is 16.5. The molecule has 0 heterocycles. The average molecular weight is 326 g/mol. The van der Waals surface area contributed by atoms with Crippen LogP contribution in [0.3, 0.4) is 0 Å². The number of rotatable bonds is 3. The molecule has 0 unspecified atom stereocenters. The van der Waals surface area contributed by atoms with Gasteiger partial charge in [0.15, 0.2) is 11.5 Å². The van der Waals surface area contributed by atoms with Crippen molar-refractivity contribution in [3.05, 3.63) is 53.6 Å². The number of urea groups is 1. The largest absolute Gasteiger partial charge is 0.504 e. The van der Waals surface area contributed by atoms with Crippen LogP contribution in [0.4, 0.5) is 23.7 Å². The van der Waals surface area contributed by atoms with Gasteiger partial charge in [0.2, 0.25) is 0 Å². The van der Waals surface area contributed by atoms with Crippen molar-refractivity contribution < 1.29 is 28.2 Å². The quantitative estimate of drug-likeness (QED) is 0.652. The van der Waals surface area contributed by atoms with E-state index in [1.807, 2.05) is 0 Å². The Morgan fingerprint density at radius 2 is 1.78 bits per heavy atom. The molecule has 0 radical (unpaired) electrons. The number of amides is 2. The smallest absolute Gasteiger partial charge is 0.416 e. The van der Waals surface area contributed by atoms with Crippen LogP contribution in [0.25, 0.3) is 0 Å². The van der Waals surface area contributed by atoms with Crippen LogP contribution in [-0.4, -0.2) is 16.2 Å². The van der Waals surface area contributed by atoms with Gasteiger partial charge in [-0.15, -0.1) is 0 Å². The summed E-state index contributed by atoms with van der Waals surface area (Å²) in [5, 5.41) is 23.5. The number of nitrogens with one attached hydrogen (secondary N) is 2. The van der Waals surface area contributed by atoms with Gasteiger partial charge in [0.1, 0.15) is 0 Å². The Morgan fingerprint density at radius 1 is 1.09 bits per heavy atom. The average Bonchev–Trinajstić information content (AvgIpc) is 2.48. The maximum Gasteiger partial charge on any atom is 0.416 e. The van der Waals surface area contributed by atoms with Gasteiger partial charge in [-0.25, -0.2) is 4.79 Å². The molecule has 0 aliphatic heterocycles. The molecule has 23 heavy (non-hydrogen) atoms. The summed E-state index contributed by atoms with van der Waals surface area (Å²) in [6.07, 6.45) is -4.50. The lowest BCUT2D eigenvalue weighted by Gasteiger charge is -2.11. The lowest BCUT2D eigenvalue weighted by Crippen LogP contribution is -2.28. The van der Waals surface area contributed by atoms with E-state index in [-0.39, 0.29) is 29.3 Å². The van der Waals surface area contributed by atoms with Crippen LogP contribution in [0.5, 0.6) is 11.5 Å². The number of benzene rings is 2. The number of hydrogen-bond donors (Lipinski definition) is 4. The maximum atomic E-state index is 12.6. The lowest BCUT2D eigenvalue weighted by molar-refractivity contribution is -0.137. The molecule has 0 fully saturated rings. The molecule has 122 valence electrons. The highest BCUT2D eigenvalue weighted by molar-refractivity contribution is 5.89. The molecule has 0 saturated carbocycles. The second-order valence-electron chi connectivity index (χ2n) is 4.67. The number of anilines is 1.